The molecular formula is C11H8INO4. The topological polar surface area (TPSA) is 79.4 Å². The number of aromatic hydroxyl groups is 1. The summed E-state index contributed by atoms with van der Waals surface area (Å²) in [6, 6.07) is 5.13. The van der Waals surface area contributed by atoms with Crippen molar-refractivity contribution >= 4 is 39.5 Å². The van der Waals surface area contributed by atoms with Crippen molar-refractivity contribution in [2.75, 3.05) is 7.11 Å². The molecule has 0 spiro atoms. The molecule has 2 N–H and O–H groups in total. The summed E-state index contributed by atoms with van der Waals surface area (Å²) in [4.78, 5) is 25.5. The number of fused-ring (bicyclic) bond motifs is 1. The van der Waals surface area contributed by atoms with E-state index in [0.29, 0.717) is 10.9 Å². The molecule has 0 radical (unpaired) electrons. The number of methoxy groups -OCH3 is 1. The minimum atomic E-state index is -0.857. The van der Waals surface area contributed by atoms with Gasteiger partial charge in [0.05, 0.1) is 12.6 Å². The van der Waals surface area contributed by atoms with Gasteiger partial charge >= 0.3 is 5.97 Å². The van der Waals surface area contributed by atoms with Crippen LogP contribution in [0.5, 0.6) is 5.75 Å². The smallest absolute Gasteiger partial charge is 0.347 e. The van der Waals surface area contributed by atoms with Crippen LogP contribution in [0.3, 0.4) is 0 Å². The number of H-pyrrole nitrogens is 1. The van der Waals surface area contributed by atoms with E-state index in [1.807, 2.05) is 0 Å². The normalized spacial score (nSPS) is 10.5. The van der Waals surface area contributed by atoms with Gasteiger partial charge in [0.25, 0.3) is 5.56 Å². The number of hydrogen-bond acceptors (Lipinski definition) is 4. The summed E-state index contributed by atoms with van der Waals surface area (Å²) in [5.41, 5.74) is -0.564. The second kappa shape index (κ2) is 4.36. The van der Waals surface area contributed by atoms with Crippen molar-refractivity contribution in [3.8, 4) is 5.75 Å². The predicted octanol–water partition coefficient (Wildman–Crippen LogP) is 1.62. The van der Waals surface area contributed by atoms with Crippen LogP contribution in [-0.2, 0) is 4.74 Å². The number of halogens is 1. The number of hydrogen-bond donors (Lipinski definition) is 2. The molecule has 1 heterocycles. The molecule has 0 unspecified atom stereocenters. The summed E-state index contributed by atoms with van der Waals surface area (Å²) in [5.74, 6) is -1.21. The molecular weight excluding hydrogens is 337 g/mol. The van der Waals surface area contributed by atoms with Gasteiger partial charge in [-0.3, -0.25) is 4.79 Å². The number of pyridine rings is 1. The summed E-state index contributed by atoms with van der Waals surface area (Å²) in [6.45, 7) is 0. The molecule has 1 aromatic carbocycles. The van der Waals surface area contributed by atoms with Crippen molar-refractivity contribution in [3.05, 3.63) is 37.7 Å². The zero-order chi connectivity index (χ0) is 12.6. The van der Waals surface area contributed by atoms with Gasteiger partial charge in [0.2, 0.25) is 0 Å². The van der Waals surface area contributed by atoms with Crippen LogP contribution in [-0.4, -0.2) is 23.2 Å². The number of aromatic nitrogens is 1. The maximum absolute atomic E-state index is 11.6. The summed E-state index contributed by atoms with van der Waals surface area (Å²) >= 11 is 2.07. The van der Waals surface area contributed by atoms with E-state index in [1.54, 1.807) is 18.2 Å². The fraction of sp³-hybridized carbons (Fsp3) is 0.0909. The molecule has 0 aliphatic heterocycles. The zero-order valence-corrected chi connectivity index (χ0v) is 10.9. The molecule has 1 aromatic heterocycles. The van der Waals surface area contributed by atoms with Crippen LogP contribution in [0.25, 0.3) is 10.9 Å². The maximum Gasteiger partial charge on any atom is 0.347 e. The Morgan fingerprint density at radius 2 is 2.18 bits per heavy atom. The zero-order valence-electron chi connectivity index (χ0n) is 8.78. The van der Waals surface area contributed by atoms with Crippen LogP contribution < -0.4 is 5.56 Å². The standard InChI is InChI=1S/C11H8INO4/c1-17-11(16)8-9(14)6-4-5(12)2-3-7(6)13-10(8)15/h2-4H,1H3,(H2,13,14,15). The van der Waals surface area contributed by atoms with Crippen molar-refractivity contribution in [2.24, 2.45) is 0 Å². The van der Waals surface area contributed by atoms with Gasteiger partial charge < -0.3 is 14.8 Å². The van der Waals surface area contributed by atoms with Gasteiger partial charge in [-0.15, -0.1) is 0 Å². The molecule has 0 saturated carbocycles. The lowest BCUT2D eigenvalue weighted by molar-refractivity contribution is 0.0595. The third-order valence-electron chi connectivity index (χ3n) is 2.34. The van der Waals surface area contributed by atoms with Crippen LogP contribution in [0.2, 0.25) is 0 Å². The van der Waals surface area contributed by atoms with E-state index in [4.69, 9.17) is 0 Å². The molecule has 2 aromatic rings. The first-order chi connectivity index (χ1) is 8.04. The van der Waals surface area contributed by atoms with Gasteiger partial charge in [0.15, 0.2) is 5.56 Å². The molecule has 17 heavy (non-hydrogen) atoms. The Labute approximate surface area is 110 Å². The third-order valence-corrected chi connectivity index (χ3v) is 3.01. The van der Waals surface area contributed by atoms with E-state index in [2.05, 4.69) is 32.3 Å². The second-order valence-electron chi connectivity index (χ2n) is 3.36. The molecule has 0 fully saturated rings. The van der Waals surface area contributed by atoms with E-state index in [1.165, 1.54) is 0 Å². The fourth-order valence-electron chi connectivity index (χ4n) is 1.54. The van der Waals surface area contributed by atoms with Crippen LogP contribution in [0.1, 0.15) is 10.4 Å². The first-order valence-corrected chi connectivity index (χ1v) is 5.75. The first-order valence-electron chi connectivity index (χ1n) is 4.67. The molecule has 5 nitrogen and oxygen atoms in total. The quantitative estimate of drug-likeness (QED) is 0.608. The molecule has 0 saturated heterocycles. The van der Waals surface area contributed by atoms with Crippen molar-refractivity contribution in [1.29, 1.82) is 0 Å². The Bertz CT molecular complexity index is 662. The van der Waals surface area contributed by atoms with E-state index < -0.39 is 11.5 Å². The van der Waals surface area contributed by atoms with Crippen LogP contribution in [0, 0.1) is 3.57 Å². The molecule has 0 amide bonds. The van der Waals surface area contributed by atoms with Crippen molar-refractivity contribution < 1.29 is 14.6 Å². The number of carbonyl (C=O) groups excluding carboxylic acids is 1. The molecule has 0 aliphatic rings. The SMILES string of the molecule is COC(=O)c1c(O)c2cc(I)ccc2[nH]c1=O. The van der Waals surface area contributed by atoms with Gasteiger partial charge in [-0.25, -0.2) is 4.79 Å². The number of ether oxygens (including phenoxy) is 1. The van der Waals surface area contributed by atoms with Crippen molar-refractivity contribution in [1.82, 2.24) is 4.98 Å². The average molecular weight is 345 g/mol. The monoisotopic (exact) mass is 345 g/mol. The van der Waals surface area contributed by atoms with E-state index in [0.717, 1.165) is 10.7 Å². The third kappa shape index (κ3) is 1.99. The predicted molar refractivity (Wildman–Crippen MR) is 70.3 cm³/mol. The molecule has 88 valence electrons. The van der Waals surface area contributed by atoms with Gasteiger partial charge in [0.1, 0.15) is 5.75 Å². The molecule has 0 aliphatic carbocycles. The average Bonchev–Trinajstić information content (AvgIpc) is 2.30. The van der Waals surface area contributed by atoms with Crippen LogP contribution >= 0.6 is 22.6 Å². The highest BCUT2D eigenvalue weighted by molar-refractivity contribution is 14.1. The minimum absolute atomic E-state index is 0.353. The highest BCUT2D eigenvalue weighted by atomic mass is 127. The molecule has 0 atom stereocenters. The lowest BCUT2D eigenvalue weighted by atomic mass is 10.1. The van der Waals surface area contributed by atoms with Gasteiger partial charge in [-0.1, -0.05) is 0 Å². The maximum atomic E-state index is 11.6. The Morgan fingerprint density at radius 3 is 2.82 bits per heavy atom. The Balaban J connectivity index is 2.87. The van der Waals surface area contributed by atoms with E-state index >= 15 is 0 Å². The number of carbonyl (C=O) groups is 1. The first kappa shape index (κ1) is 11.9. The largest absolute Gasteiger partial charge is 0.506 e. The fourth-order valence-corrected chi connectivity index (χ4v) is 2.03. The van der Waals surface area contributed by atoms with Crippen LogP contribution in [0.4, 0.5) is 0 Å². The van der Waals surface area contributed by atoms with Crippen molar-refractivity contribution in [3.63, 3.8) is 0 Å². The molecule has 0 bridgehead atoms. The number of aromatic amines is 1. The van der Waals surface area contributed by atoms with Gasteiger partial charge in [-0.05, 0) is 40.8 Å². The van der Waals surface area contributed by atoms with Crippen LogP contribution in [0.15, 0.2) is 23.0 Å². The minimum Gasteiger partial charge on any atom is -0.506 e. The summed E-state index contributed by atoms with van der Waals surface area (Å²) in [5, 5.41) is 10.3. The summed E-state index contributed by atoms with van der Waals surface area (Å²) < 4.78 is 5.34. The molecule has 6 heteroatoms. The summed E-state index contributed by atoms with van der Waals surface area (Å²) in [7, 11) is 1.15. The Hall–Kier alpha value is -1.57. The summed E-state index contributed by atoms with van der Waals surface area (Å²) in [6.07, 6.45) is 0. The number of nitrogens with one attached hydrogen (secondary N) is 1. The number of benzene rings is 1. The van der Waals surface area contributed by atoms with E-state index in [9.17, 15) is 14.7 Å². The number of rotatable bonds is 1. The van der Waals surface area contributed by atoms with Gasteiger partial charge in [0, 0.05) is 8.96 Å². The molecule has 2 rings (SSSR count). The Morgan fingerprint density at radius 1 is 1.47 bits per heavy atom. The van der Waals surface area contributed by atoms with Gasteiger partial charge in [-0.2, -0.15) is 0 Å². The highest BCUT2D eigenvalue weighted by Gasteiger charge is 2.19. The number of esters is 1. The second-order valence-corrected chi connectivity index (χ2v) is 4.60. The van der Waals surface area contributed by atoms with Crippen molar-refractivity contribution in [2.45, 2.75) is 0 Å². The highest BCUT2D eigenvalue weighted by Crippen LogP contribution is 2.26. The Kier molecular flexibility index (Phi) is 3.05. The lowest BCUT2D eigenvalue weighted by Crippen LogP contribution is -2.19. The van der Waals surface area contributed by atoms with E-state index in [-0.39, 0.29) is 11.3 Å². The lowest BCUT2D eigenvalue weighted by Gasteiger charge is -2.06.